The molecule has 0 aromatic heterocycles. The van der Waals surface area contributed by atoms with Crippen molar-refractivity contribution in [2.45, 2.75) is 5.25 Å². The molecule has 3 aromatic rings. The number of anilines is 1. The molecule has 1 N–H and O–H groups in total. The van der Waals surface area contributed by atoms with Gasteiger partial charge in [0.05, 0.1) is 29.4 Å². The minimum atomic E-state index is -0.612. The summed E-state index contributed by atoms with van der Waals surface area (Å²) in [5, 5.41) is 2.51. The Hall–Kier alpha value is -3.12. The van der Waals surface area contributed by atoms with Crippen LogP contribution in [0.3, 0.4) is 0 Å². The summed E-state index contributed by atoms with van der Waals surface area (Å²) in [6, 6.07) is 23.5. The number of carbonyl (C=O) groups excluding carboxylic acids is 2. The lowest BCUT2D eigenvalue weighted by Gasteiger charge is -2.17. The maximum Gasteiger partial charge on any atom is 0.337 e. The van der Waals surface area contributed by atoms with E-state index in [1.54, 1.807) is 0 Å². The smallest absolute Gasteiger partial charge is 0.337 e. The Morgan fingerprint density at radius 2 is 1.55 bits per heavy atom. The normalized spacial score (nSPS) is 10.6. The number of ether oxygens (including phenoxy) is 1. The maximum absolute atomic E-state index is 14.1. The van der Waals surface area contributed by atoms with Crippen molar-refractivity contribution in [3.05, 3.63) is 101 Å². The fourth-order valence-electron chi connectivity index (χ4n) is 2.85. The molecule has 0 saturated carbocycles. The molecule has 0 aliphatic rings. The molecule has 148 valence electrons. The zero-order chi connectivity index (χ0) is 20.6. The SMILES string of the molecule is COC(=O)c1ccc(F)c(NC(=O)CSC(c2ccccc2)c2ccccc2)c1. The average Bonchev–Trinajstić information content (AvgIpc) is 2.76. The maximum atomic E-state index is 14.1. The summed E-state index contributed by atoms with van der Waals surface area (Å²) in [5.74, 6) is -1.44. The second kappa shape index (κ2) is 9.89. The molecule has 0 aliphatic carbocycles. The van der Waals surface area contributed by atoms with Crippen LogP contribution in [0, 0.1) is 5.82 Å². The summed E-state index contributed by atoms with van der Waals surface area (Å²) in [5.41, 5.74) is 2.28. The van der Waals surface area contributed by atoms with Gasteiger partial charge >= 0.3 is 5.97 Å². The van der Waals surface area contributed by atoms with Crippen molar-refractivity contribution in [1.29, 1.82) is 0 Å². The number of hydrogen-bond donors (Lipinski definition) is 1. The number of amides is 1. The number of nitrogens with one attached hydrogen (secondary N) is 1. The number of carbonyl (C=O) groups is 2. The Bertz CT molecular complexity index is 940. The van der Waals surface area contributed by atoms with E-state index in [9.17, 15) is 14.0 Å². The molecule has 3 aromatic carbocycles. The van der Waals surface area contributed by atoms with Crippen LogP contribution in [0.5, 0.6) is 0 Å². The molecule has 3 rings (SSSR count). The zero-order valence-corrected chi connectivity index (χ0v) is 16.6. The first-order chi connectivity index (χ1) is 14.1. The summed E-state index contributed by atoms with van der Waals surface area (Å²) in [6.07, 6.45) is 0. The van der Waals surface area contributed by atoms with E-state index in [2.05, 4.69) is 10.1 Å². The highest BCUT2D eigenvalue weighted by Crippen LogP contribution is 2.35. The van der Waals surface area contributed by atoms with Crippen molar-refractivity contribution in [2.75, 3.05) is 18.2 Å². The molecule has 0 radical (unpaired) electrons. The van der Waals surface area contributed by atoms with Crippen LogP contribution in [0.4, 0.5) is 10.1 Å². The Kier molecular flexibility index (Phi) is 7.03. The molecule has 4 nitrogen and oxygen atoms in total. The first-order valence-corrected chi connectivity index (χ1v) is 10.0. The third-order valence-corrected chi connectivity index (χ3v) is 5.55. The second-order valence-electron chi connectivity index (χ2n) is 6.25. The highest BCUT2D eigenvalue weighted by atomic mass is 32.2. The molecule has 0 heterocycles. The highest BCUT2D eigenvalue weighted by molar-refractivity contribution is 8.00. The van der Waals surface area contributed by atoms with Gasteiger partial charge in [0.2, 0.25) is 5.91 Å². The summed E-state index contributed by atoms with van der Waals surface area (Å²) in [7, 11) is 1.24. The molecule has 0 spiro atoms. The fourth-order valence-corrected chi connectivity index (χ4v) is 3.94. The van der Waals surface area contributed by atoms with Crippen molar-refractivity contribution in [1.82, 2.24) is 0 Å². The summed E-state index contributed by atoms with van der Waals surface area (Å²) in [4.78, 5) is 24.1. The third kappa shape index (κ3) is 5.45. The van der Waals surface area contributed by atoms with E-state index in [0.29, 0.717) is 0 Å². The van der Waals surface area contributed by atoms with Gasteiger partial charge in [-0.1, -0.05) is 60.7 Å². The van der Waals surface area contributed by atoms with Gasteiger partial charge in [-0.15, -0.1) is 11.8 Å². The summed E-state index contributed by atoms with van der Waals surface area (Å²) in [6.45, 7) is 0. The Balaban J connectivity index is 1.72. The Morgan fingerprint density at radius 1 is 0.966 bits per heavy atom. The molecule has 0 atom stereocenters. The molecule has 0 fully saturated rings. The molecule has 6 heteroatoms. The van der Waals surface area contributed by atoms with Crippen LogP contribution < -0.4 is 5.32 Å². The lowest BCUT2D eigenvalue weighted by atomic mass is 10.0. The van der Waals surface area contributed by atoms with E-state index in [-0.39, 0.29) is 28.2 Å². The van der Waals surface area contributed by atoms with Crippen LogP contribution in [0.25, 0.3) is 0 Å². The number of thioether (sulfide) groups is 1. The number of benzene rings is 3. The monoisotopic (exact) mass is 409 g/mol. The minimum absolute atomic E-state index is 0.0330. The van der Waals surface area contributed by atoms with Gasteiger partial charge in [-0.25, -0.2) is 9.18 Å². The number of esters is 1. The van der Waals surface area contributed by atoms with Crippen LogP contribution in [0.2, 0.25) is 0 Å². The van der Waals surface area contributed by atoms with Crippen molar-refractivity contribution in [2.24, 2.45) is 0 Å². The standard InChI is InChI=1S/C23H20FNO3S/c1-28-23(27)18-12-13-19(24)20(14-18)25-21(26)15-29-22(16-8-4-2-5-9-16)17-10-6-3-7-11-17/h2-14,22H,15H2,1H3,(H,25,26). The van der Waals surface area contributed by atoms with Gasteiger partial charge in [0, 0.05) is 0 Å². The molecular weight excluding hydrogens is 389 g/mol. The van der Waals surface area contributed by atoms with Gasteiger partial charge in [0.1, 0.15) is 5.82 Å². The molecule has 29 heavy (non-hydrogen) atoms. The van der Waals surface area contributed by atoms with E-state index >= 15 is 0 Å². The third-order valence-electron chi connectivity index (χ3n) is 4.25. The number of hydrogen-bond acceptors (Lipinski definition) is 4. The number of halogens is 1. The van der Waals surface area contributed by atoms with E-state index in [1.807, 2.05) is 60.7 Å². The van der Waals surface area contributed by atoms with Gasteiger partial charge in [0.25, 0.3) is 0 Å². The summed E-state index contributed by atoms with van der Waals surface area (Å²) >= 11 is 1.45. The number of rotatable bonds is 7. The number of methoxy groups -OCH3 is 1. The first-order valence-electron chi connectivity index (χ1n) is 8.97. The van der Waals surface area contributed by atoms with Gasteiger partial charge in [-0.2, -0.15) is 0 Å². The van der Waals surface area contributed by atoms with Gasteiger partial charge in [0.15, 0.2) is 0 Å². The first kappa shape index (κ1) is 20.6. The molecule has 0 bridgehead atoms. The highest BCUT2D eigenvalue weighted by Gasteiger charge is 2.17. The van der Waals surface area contributed by atoms with E-state index in [4.69, 9.17) is 0 Å². The van der Waals surface area contributed by atoms with Gasteiger partial charge < -0.3 is 10.1 Å². The molecular formula is C23H20FNO3S. The lowest BCUT2D eigenvalue weighted by Crippen LogP contribution is -2.17. The fraction of sp³-hybridized carbons (Fsp3) is 0.130. The Labute approximate surface area is 173 Å². The van der Waals surface area contributed by atoms with Crippen LogP contribution in [0.15, 0.2) is 78.9 Å². The molecule has 0 saturated heterocycles. The van der Waals surface area contributed by atoms with Crippen molar-refractivity contribution < 1.29 is 18.7 Å². The topological polar surface area (TPSA) is 55.4 Å². The summed E-state index contributed by atoms with van der Waals surface area (Å²) < 4.78 is 18.7. The molecule has 1 amide bonds. The van der Waals surface area contributed by atoms with E-state index in [0.717, 1.165) is 17.2 Å². The van der Waals surface area contributed by atoms with Crippen LogP contribution >= 0.6 is 11.8 Å². The van der Waals surface area contributed by atoms with Gasteiger partial charge in [-0.3, -0.25) is 4.79 Å². The minimum Gasteiger partial charge on any atom is -0.465 e. The Morgan fingerprint density at radius 3 is 2.10 bits per heavy atom. The molecule has 0 aliphatic heterocycles. The van der Waals surface area contributed by atoms with Crippen LogP contribution in [-0.4, -0.2) is 24.7 Å². The zero-order valence-electron chi connectivity index (χ0n) is 15.8. The molecule has 0 unspecified atom stereocenters. The van der Waals surface area contributed by atoms with Crippen molar-refractivity contribution >= 4 is 29.3 Å². The predicted molar refractivity (Wildman–Crippen MR) is 114 cm³/mol. The van der Waals surface area contributed by atoms with Crippen molar-refractivity contribution in [3.8, 4) is 0 Å². The van der Waals surface area contributed by atoms with Crippen molar-refractivity contribution in [3.63, 3.8) is 0 Å². The van der Waals surface area contributed by atoms with E-state index in [1.165, 1.54) is 31.0 Å². The van der Waals surface area contributed by atoms with E-state index < -0.39 is 11.8 Å². The largest absolute Gasteiger partial charge is 0.465 e. The lowest BCUT2D eigenvalue weighted by molar-refractivity contribution is -0.113. The quantitative estimate of drug-likeness (QED) is 0.554. The average molecular weight is 409 g/mol. The van der Waals surface area contributed by atoms with Crippen LogP contribution in [0.1, 0.15) is 26.7 Å². The van der Waals surface area contributed by atoms with Gasteiger partial charge in [-0.05, 0) is 29.3 Å². The van der Waals surface area contributed by atoms with Crippen LogP contribution in [-0.2, 0) is 9.53 Å². The predicted octanol–water partition coefficient (Wildman–Crippen LogP) is 5.07. The second-order valence-corrected chi connectivity index (χ2v) is 7.34.